The van der Waals surface area contributed by atoms with Crippen LogP contribution in [0.15, 0.2) is 0 Å². The maximum absolute atomic E-state index is 8.54. The molecule has 5 N–H and O–H groups in total. The summed E-state index contributed by atoms with van der Waals surface area (Å²) in [6.07, 6.45) is 11.8. The fourth-order valence-corrected chi connectivity index (χ4v) is 1.42. The third-order valence-corrected chi connectivity index (χ3v) is 2.43. The van der Waals surface area contributed by atoms with Crippen molar-refractivity contribution in [3.63, 3.8) is 0 Å². The van der Waals surface area contributed by atoms with Gasteiger partial charge in [-0.25, -0.2) is 0 Å². The van der Waals surface area contributed by atoms with Crippen LogP contribution in [0.1, 0.15) is 64.7 Å². The van der Waals surface area contributed by atoms with Crippen molar-refractivity contribution in [2.24, 2.45) is 11.5 Å². The summed E-state index contributed by atoms with van der Waals surface area (Å²) < 4.78 is 0. The standard InChI is InChI=1S/C11H24O.C2H8N2/c1-2-3-4-5-6-7-8-9-10-11-12;3-1-2-4/h12H,2-11H2,1H3;1-4H2. The van der Waals surface area contributed by atoms with Crippen LogP contribution in [0.2, 0.25) is 0 Å². The molecule has 0 aromatic heterocycles. The van der Waals surface area contributed by atoms with Gasteiger partial charge in [0, 0.05) is 19.7 Å². The van der Waals surface area contributed by atoms with Crippen molar-refractivity contribution < 1.29 is 5.11 Å². The predicted molar refractivity (Wildman–Crippen MR) is 72.4 cm³/mol. The van der Waals surface area contributed by atoms with Crippen LogP contribution in [0.3, 0.4) is 0 Å². The summed E-state index contributed by atoms with van der Waals surface area (Å²) in [6, 6.07) is 0. The van der Waals surface area contributed by atoms with Gasteiger partial charge < -0.3 is 16.6 Å². The lowest BCUT2D eigenvalue weighted by atomic mass is 10.1. The van der Waals surface area contributed by atoms with E-state index in [0.29, 0.717) is 19.7 Å². The monoisotopic (exact) mass is 232 g/mol. The van der Waals surface area contributed by atoms with E-state index >= 15 is 0 Å². The highest BCUT2D eigenvalue weighted by Gasteiger charge is 1.90. The molecule has 3 nitrogen and oxygen atoms in total. The van der Waals surface area contributed by atoms with E-state index < -0.39 is 0 Å². The maximum Gasteiger partial charge on any atom is 0.0431 e. The number of rotatable bonds is 10. The topological polar surface area (TPSA) is 72.3 Å². The zero-order chi connectivity index (χ0) is 12.5. The molecule has 0 aliphatic heterocycles. The average molecular weight is 232 g/mol. The number of hydrogen-bond acceptors (Lipinski definition) is 3. The van der Waals surface area contributed by atoms with E-state index in [1.807, 2.05) is 0 Å². The van der Waals surface area contributed by atoms with Crippen LogP contribution < -0.4 is 11.5 Å². The summed E-state index contributed by atoms with van der Waals surface area (Å²) in [5.74, 6) is 0. The quantitative estimate of drug-likeness (QED) is 0.506. The SMILES string of the molecule is CCCCCCCCCCCO.NCCN. The summed E-state index contributed by atoms with van der Waals surface area (Å²) in [5, 5.41) is 8.54. The van der Waals surface area contributed by atoms with Gasteiger partial charge in [0.05, 0.1) is 0 Å². The van der Waals surface area contributed by atoms with E-state index in [1.165, 1.54) is 51.4 Å². The van der Waals surface area contributed by atoms with Gasteiger partial charge in [-0.2, -0.15) is 0 Å². The smallest absolute Gasteiger partial charge is 0.0431 e. The lowest BCUT2D eigenvalue weighted by Crippen LogP contribution is -2.11. The van der Waals surface area contributed by atoms with Gasteiger partial charge in [0.1, 0.15) is 0 Å². The molecule has 0 bridgehead atoms. The van der Waals surface area contributed by atoms with Crippen LogP contribution in [0.25, 0.3) is 0 Å². The molecule has 16 heavy (non-hydrogen) atoms. The van der Waals surface area contributed by atoms with Crippen LogP contribution in [-0.4, -0.2) is 24.8 Å². The van der Waals surface area contributed by atoms with Crippen molar-refractivity contribution in [2.75, 3.05) is 19.7 Å². The van der Waals surface area contributed by atoms with Crippen molar-refractivity contribution in [3.8, 4) is 0 Å². The van der Waals surface area contributed by atoms with Gasteiger partial charge in [-0.15, -0.1) is 0 Å². The maximum atomic E-state index is 8.54. The highest BCUT2D eigenvalue weighted by molar-refractivity contribution is 4.45. The molecule has 0 aromatic carbocycles. The summed E-state index contributed by atoms with van der Waals surface area (Å²) in [5.41, 5.74) is 9.81. The molecule has 0 radical (unpaired) electrons. The second-order valence-electron chi connectivity index (χ2n) is 4.13. The van der Waals surface area contributed by atoms with E-state index in [-0.39, 0.29) is 0 Å². The lowest BCUT2D eigenvalue weighted by Gasteiger charge is -1.99. The predicted octanol–water partition coefficient (Wildman–Crippen LogP) is 2.41. The summed E-state index contributed by atoms with van der Waals surface area (Å²) in [6.45, 7) is 3.82. The highest BCUT2D eigenvalue weighted by atomic mass is 16.2. The number of nitrogens with two attached hydrogens (primary N) is 2. The van der Waals surface area contributed by atoms with E-state index in [4.69, 9.17) is 16.6 Å². The average Bonchev–Trinajstić information content (AvgIpc) is 2.33. The Balaban J connectivity index is 0. The molecule has 0 aromatic rings. The van der Waals surface area contributed by atoms with Crippen molar-refractivity contribution >= 4 is 0 Å². The second-order valence-corrected chi connectivity index (χ2v) is 4.13. The molecule has 0 unspecified atom stereocenters. The van der Waals surface area contributed by atoms with Crippen LogP contribution in [0.4, 0.5) is 0 Å². The molecular weight excluding hydrogens is 200 g/mol. The first-order valence-electron chi connectivity index (χ1n) is 6.84. The molecule has 0 saturated carbocycles. The Morgan fingerprint density at radius 3 is 1.38 bits per heavy atom. The van der Waals surface area contributed by atoms with Crippen molar-refractivity contribution in [1.29, 1.82) is 0 Å². The van der Waals surface area contributed by atoms with Crippen LogP contribution in [0, 0.1) is 0 Å². The zero-order valence-corrected chi connectivity index (χ0v) is 11.1. The fourth-order valence-electron chi connectivity index (χ4n) is 1.42. The second kappa shape index (κ2) is 20.3. The molecule has 3 heteroatoms. The van der Waals surface area contributed by atoms with Gasteiger partial charge in [-0.05, 0) is 6.42 Å². The molecule has 100 valence electrons. The Morgan fingerprint density at radius 2 is 1.06 bits per heavy atom. The molecule has 0 saturated heterocycles. The molecule has 0 fully saturated rings. The van der Waals surface area contributed by atoms with Gasteiger partial charge in [0.2, 0.25) is 0 Å². The van der Waals surface area contributed by atoms with Crippen LogP contribution in [0.5, 0.6) is 0 Å². The van der Waals surface area contributed by atoms with Crippen LogP contribution >= 0.6 is 0 Å². The van der Waals surface area contributed by atoms with Gasteiger partial charge in [0.25, 0.3) is 0 Å². The Labute approximate surface area is 102 Å². The van der Waals surface area contributed by atoms with Crippen molar-refractivity contribution in [2.45, 2.75) is 64.7 Å². The molecule has 0 amide bonds. The Morgan fingerprint density at radius 1 is 0.688 bits per heavy atom. The highest BCUT2D eigenvalue weighted by Crippen LogP contribution is 2.08. The Kier molecular flexibility index (Phi) is 23.2. The summed E-state index contributed by atoms with van der Waals surface area (Å²) >= 11 is 0. The van der Waals surface area contributed by atoms with E-state index in [2.05, 4.69) is 6.92 Å². The summed E-state index contributed by atoms with van der Waals surface area (Å²) in [4.78, 5) is 0. The van der Waals surface area contributed by atoms with Gasteiger partial charge in [-0.1, -0.05) is 58.3 Å². The molecule has 0 atom stereocenters. The first-order chi connectivity index (χ1) is 7.83. The largest absolute Gasteiger partial charge is 0.396 e. The van der Waals surface area contributed by atoms with Gasteiger partial charge >= 0.3 is 0 Å². The number of hydrogen-bond donors (Lipinski definition) is 3. The number of aliphatic hydroxyl groups excluding tert-OH is 1. The van der Waals surface area contributed by atoms with Gasteiger partial charge in [-0.3, -0.25) is 0 Å². The zero-order valence-electron chi connectivity index (χ0n) is 11.1. The van der Waals surface area contributed by atoms with E-state index in [9.17, 15) is 0 Å². The number of aliphatic hydroxyl groups is 1. The van der Waals surface area contributed by atoms with E-state index in [1.54, 1.807) is 0 Å². The first kappa shape index (κ1) is 18.3. The fraction of sp³-hybridized carbons (Fsp3) is 1.00. The molecule has 0 aliphatic carbocycles. The van der Waals surface area contributed by atoms with Crippen LogP contribution in [-0.2, 0) is 0 Å². The normalized spacial score (nSPS) is 9.75. The minimum Gasteiger partial charge on any atom is -0.396 e. The van der Waals surface area contributed by atoms with Gasteiger partial charge in [0.15, 0.2) is 0 Å². The van der Waals surface area contributed by atoms with Crippen molar-refractivity contribution in [1.82, 2.24) is 0 Å². The van der Waals surface area contributed by atoms with E-state index in [0.717, 1.165) is 6.42 Å². The molecule has 0 aliphatic rings. The number of unbranched alkanes of at least 4 members (excludes halogenated alkanes) is 8. The molecule has 0 rings (SSSR count). The Hall–Kier alpha value is -0.120. The Bertz CT molecular complexity index is 87.9. The molecule has 0 heterocycles. The summed E-state index contributed by atoms with van der Waals surface area (Å²) in [7, 11) is 0. The molecular formula is C13H32N2O. The first-order valence-corrected chi connectivity index (χ1v) is 6.84. The van der Waals surface area contributed by atoms with Crippen molar-refractivity contribution in [3.05, 3.63) is 0 Å². The third-order valence-electron chi connectivity index (χ3n) is 2.43. The molecule has 0 spiro atoms. The lowest BCUT2D eigenvalue weighted by molar-refractivity contribution is 0.282. The third kappa shape index (κ3) is 23.6. The minimum absolute atomic E-state index is 0.371. The minimum atomic E-state index is 0.371.